The molecule has 1 saturated heterocycles. The second kappa shape index (κ2) is 11.8. The van der Waals surface area contributed by atoms with Crippen LogP contribution in [-0.4, -0.2) is 29.0 Å². The van der Waals surface area contributed by atoms with E-state index in [0.29, 0.717) is 17.2 Å². The lowest BCUT2D eigenvalue weighted by Crippen LogP contribution is -2.54. The van der Waals surface area contributed by atoms with Crippen LogP contribution in [0.5, 0.6) is 5.75 Å². The molecular formula is C35H26ClN3O4. The first kappa shape index (κ1) is 27.8. The molecule has 43 heavy (non-hydrogen) atoms. The van der Waals surface area contributed by atoms with E-state index in [-0.39, 0.29) is 11.3 Å². The van der Waals surface area contributed by atoms with E-state index in [4.69, 9.17) is 16.3 Å². The SMILES string of the molecule is CCOc1ccc(-n2c(-c3ccccc3)cc(/C=C3/C(=O)NC(=O)N(c4cccc(Cl)c4)C3=O)c2-c2ccccc2)cc1. The fourth-order valence-electron chi connectivity index (χ4n) is 5.14. The number of hydrogen-bond acceptors (Lipinski definition) is 4. The normalized spacial score (nSPS) is 14.2. The van der Waals surface area contributed by atoms with Gasteiger partial charge in [-0.15, -0.1) is 0 Å². The third-order valence-electron chi connectivity index (χ3n) is 7.02. The van der Waals surface area contributed by atoms with Crippen molar-refractivity contribution < 1.29 is 19.1 Å². The van der Waals surface area contributed by atoms with Crippen LogP contribution in [0, 0.1) is 0 Å². The van der Waals surface area contributed by atoms with Gasteiger partial charge in [0.15, 0.2) is 0 Å². The fraction of sp³-hybridized carbons (Fsp3) is 0.0571. The van der Waals surface area contributed by atoms with Crippen molar-refractivity contribution in [3.05, 3.63) is 131 Å². The Morgan fingerprint density at radius 3 is 2.09 bits per heavy atom. The van der Waals surface area contributed by atoms with Crippen LogP contribution in [0.4, 0.5) is 10.5 Å². The van der Waals surface area contributed by atoms with Gasteiger partial charge in [-0.2, -0.15) is 0 Å². The number of nitrogens with one attached hydrogen (secondary N) is 1. The third-order valence-corrected chi connectivity index (χ3v) is 7.26. The second-order valence-electron chi connectivity index (χ2n) is 9.77. The number of rotatable bonds is 7. The molecule has 4 amide bonds. The van der Waals surface area contributed by atoms with Gasteiger partial charge in [-0.25, -0.2) is 9.69 Å². The van der Waals surface area contributed by atoms with Crippen molar-refractivity contribution in [2.24, 2.45) is 0 Å². The highest BCUT2D eigenvalue weighted by molar-refractivity contribution is 6.39. The zero-order valence-corrected chi connectivity index (χ0v) is 23.9. The first-order valence-corrected chi connectivity index (χ1v) is 14.1. The lowest BCUT2D eigenvalue weighted by Gasteiger charge is -2.26. The van der Waals surface area contributed by atoms with E-state index in [1.165, 1.54) is 6.07 Å². The Hall–Kier alpha value is -5.40. The quantitative estimate of drug-likeness (QED) is 0.158. The maximum atomic E-state index is 13.8. The van der Waals surface area contributed by atoms with Crippen LogP contribution < -0.4 is 15.0 Å². The van der Waals surface area contributed by atoms with Crippen LogP contribution >= 0.6 is 11.6 Å². The molecule has 0 aliphatic carbocycles. The predicted molar refractivity (Wildman–Crippen MR) is 168 cm³/mol. The summed E-state index contributed by atoms with van der Waals surface area (Å²) in [6.45, 7) is 2.49. The van der Waals surface area contributed by atoms with Crippen molar-refractivity contribution in [2.45, 2.75) is 6.92 Å². The maximum Gasteiger partial charge on any atom is 0.335 e. The van der Waals surface area contributed by atoms with Crippen molar-refractivity contribution >= 4 is 41.2 Å². The standard InChI is InChI=1S/C35H26ClN3O4/c1-2-43-29-18-16-27(17-19-29)38-31(23-10-5-3-6-11-23)21-25(32(38)24-12-7-4-8-13-24)20-30-33(40)37-35(42)39(34(30)41)28-15-9-14-26(36)22-28/h3-22H,2H2,1H3,(H,37,40,42)/b30-20-. The lowest BCUT2D eigenvalue weighted by molar-refractivity contribution is -0.122. The molecule has 212 valence electrons. The van der Waals surface area contributed by atoms with Crippen LogP contribution in [-0.2, 0) is 9.59 Å². The third kappa shape index (κ3) is 5.46. The average molecular weight is 588 g/mol. The summed E-state index contributed by atoms with van der Waals surface area (Å²) in [4.78, 5) is 40.6. The summed E-state index contributed by atoms with van der Waals surface area (Å²) in [6.07, 6.45) is 1.54. The Balaban J connectivity index is 1.58. The van der Waals surface area contributed by atoms with E-state index in [1.807, 2.05) is 97.9 Å². The first-order chi connectivity index (χ1) is 20.9. The number of nitrogens with zero attached hydrogens (tertiary/aromatic N) is 2. The molecule has 1 fully saturated rings. The number of anilines is 1. The van der Waals surface area contributed by atoms with Gasteiger partial charge < -0.3 is 9.30 Å². The van der Waals surface area contributed by atoms with Crippen molar-refractivity contribution in [2.75, 3.05) is 11.5 Å². The van der Waals surface area contributed by atoms with E-state index < -0.39 is 17.8 Å². The van der Waals surface area contributed by atoms with Crippen LogP contribution in [0.3, 0.4) is 0 Å². The number of benzene rings is 4. The summed E-state index contributed by atoms with van der Waals surface area (Å²) < 4.78 is 7.77. The number of hydrogen-bond donors (Lipinski definition) is 1. The summed E-state index contributed by atoms with van der Waals surface area (Å²) in [6, 6.07) is 34.8. The minimum atomic E-state index is -0.838. The summed E-state index contributed by atoms with van der Waals surface area (Å²) in [7, 11) is 0. The molecule has 1 N–H and O–H groups in total. The number of aromatic nitrogens is 1. The summed E-state index contributed by atoms with van der Waals surface area (Å²) in [5, 5.41) is 2.66. The zero-order valence-electron chi connectivity index (χ0n) is 23.2. The number of ether oxygens (including phenoxy) is 1. The Labute approximate surface area is 253 Å². The van der Waals surface area contributed by atoms with E-state index in [9.17, 15) is 14.4 Å². The molecule has 0 atom stereocenters. The molecule has 0 unspecified atom stereocenters. The van der Waals surface area contributed by atoms with Crippen molar-refractivity contribution in [3.63, 3.8) is 0 Å². The highest BCUT2D eigenvalue weighted by Crippen LogP contribution is 2.38. The molecule has 0 spiro atoms. The van der Waals surface area contributed by atoms with Gasteiger partial charge in [0.2, 0.25) is 0 Å². The number of urea groups is 1. The molecule has 0 saturated carbocycles. The van der Waals surface area contributed by atoms with Gasteiger partial charge in [-0.3, -0.25) is 14.9 Å². The largest absolute Gasteiger partial charge is 0.494 e. The second-order valence-corrected chi connectivity index (χ2v) is 10.2. The van der Waals surface area contributed by atoms with Gasteiger partial charge in [0, 0.05) is 16.3 Å². The molecule has 4 aromatic carbocycles. The van der Waals surface area contributed by atoms with E-state index in [2.05, 4.69) is 9.88 Å². The summed E-state index contributed by atoms with van der Waals surface area (Å²) >= 11 is 6.14. The molecule has 1 aliphatic rings. The molecule has 1 aliphatic heterocycles. The molecular weight excluding hydrogens is 562 g/mol. The highest BCUT2D eigenvalue weighted by atomic mass is 35.5. The maximum absolute atomic E-state index is 13.8. The number of amides is 4. The smallest absolute Gasteiger partial charge is 0.335 e. The molecule has 7 nitrogen and oxygen atoms in total. The minimum Gasteiger partial charge on any atom is -0.494 e. The van der Waals surface area contributed by atoms with E-state index in [1.54, 1.807) is 24.3 Å². The highest BCUT2D eigenvalue weighted by Gasteiger charge is 2.37. The Bertz CT molecular complexity index is 1860. The Morgan fingerprint density at radius 1 is 0.767 bits per heavy atom. The number of halogens is 1. The van der Waals surface area contributed by atoms with Gasteiger partial charge in [0.25, 0.3) is 11.8 Å². The zero-order chi connectivity index (χ0) is 29.9. The van der Waals surface area contributed by atoms with Gasteiger partial charge >= 0.3 is 6.03 Å². The Morgan fingerprint density at radius 2 is 1.44 bits per heavy atom. The average Bonchev–Trinajstić information content (AvgIpc) is 3.40. The topological polar surface area (TPSA) is 80.6 Å². The lowest BCUT2D eigenvalue weighted by atomic mass is 10.0. The van der Waals surface area contributed by atoms with Crippen LogP contribution in [0.1, 0.15) is 12.5 Å². The van der Waals surface area contributed by atoms with Gasteiger partial charge in [0.05, 0.1) is 23.7 Å². The molecule has 0 bridgehead atoms. The molecule has 8 heteroatoms. The van der Waals surface area contributed by atoms with E-state index >= 15 is 0 Å². The molecule has 6 rings (SSSR count). The van der Waals surface area contributed by atoms with Gasteiger partial charge in [-0.1, -0.05) is 78.3 Å². The summed E-state index contributed by atoms with van der Waals surface area (Å²) in [5.74, 6) is -0.772. The summed E-state index contributed by atoms with van der Waals surface area (Å²) in [5.41, 5.74) is 4.99. The monoisotopic (exact) mass is 587 g/mol. The number of carbonyl (C=O) groups excluding carboxylic acids is 3. The Kier molecular flexibility index (Phi) is 7.64. The van der Waals surface area contributed by atoms with Gasteiger partial charge in [0.1, 0.15) is 11.3 Å². The van der Waals surface area contributed by atoms with Crippen molar-refractivity contribution in [1.82, 2.24) is 9.88 Å². The molecule has 2 heterocycles. The minimum absolute atomic E-state index is 0.180. The van der Waals surface area contributed by atoms with Crippen LogP contribution in [0.25, 0.3) is 34.3 Å². The van der Waals surface area contributed by atoms with Crippen molar-refractivity contribution in [1.29, 1.82) is 0 Å². The number of barbiturate groups is 1. The molecule has 1 aromatic heterocycles. The molecule has 5 aromatic rings. The molecule has 0 radical (unpaired) electrons. The predicted octanol–water partition coefficient (Wildman–Crippen LogP) is 7.53. The van der Waals surface area contributed by atoms with E-state index in [0.717, 1.165) is 38.9 Å². The fourth-order valence-corrected chi connectivity index (χ4v) is 5.33. The van der Waals surface area contributed by atoms with Crippen molar-refractivity contribution in [3.8, 4) is 34.0 Å². The van der Waals surface area contributed by atoms with Gasteiger partial charge in [-0.05, 0) is 72.7 Å². The van der Waals surface area contributed by atoms with Crippen LogP contribution in [0.2, 0.25) is 5.02 Å². The van der Waals surface area contributed by atoms with Crippen LogP contribution in [0.15, 0.2) is 121 Å². The number of imide groups is 2. The first-order valence-electron chi connectivity index (χ1n) is 13.7. The number of carbonyl (C=O) groups is 3.